The summed E-state index contributed by atoms with van der Waals surface area (Å²) in [6.45, 7) is 10.8. The number of nitriles is 1. The molecule has 0 spiro atoms. The van der Waals surface area contributed by atoms with Crippen LogP contribution >= 0.6 is 0 Å². The molecular weight excluding hydrogens is 285 g/mol. The molecule has 112 valence electrons. The van der Waals surface area contributed by atoms with Gasteiger partial charge in [0.15, 0.2) is 5.69 Å². The van der Waals surface area contributed by atoms with Crippen molar-refractivity contribution in [2.45, 2.75) is 13.1 Å². The molecule has 0 aromatic carbocycles. The summed E-state index contributed by atoms with van der Waals surface area (Å²) in [7, 11) is 2.08. The molecule has 1 aromatic heterocycles. The zero-order chi connectivity index (χ0) is 16.0. The Morgan fingerprint density at radius 3 is 2.48 bits per heavy atom. The zero-order valence-corrected chi connectivity index (χ0v) is 11.4. The fraction of sp³-hybridized carbons (Fsp3) is 0.417. The number of rotatable bonds is 1. The number of H-pyrrole nitrogens is 1. The Morgan fingerprint density at radius 1 is 1.52 bits per heavy atom. The molecule has 9 heteroatoms. The molecule has 6 nitrogen and oxygen atoms in total. The number of aromatic amines is 1. The number of hydrogen-bond donors (Lipinski definition) is 1. The van der Waals surface area contributed by atoms with Gasteiger partial charge < -0.3 is 14.6 Å². The molecule has 0 saturated carbocycles. The van der Waals surface area contributed by atoms with E-state index >= 15 is 0 Å². The van der Waals surface area contributed by atoms with E-state index in [-0.39, 0.29) is 0 Å². The number of hydrogen-bond acceptors (Lipinski definition) is 4. The Balaban J connectivity index is 0.000000235. The SMILES string of the molecule is CCN1C=CN(C)C1.[C-]#[N+]c1[nH]c(C(F)(F)F)nc1C#N. The highest BCUT2D eigenvalue weighted by Gasteiger charge is 2.38. The van der Waals surface area contributed by atoms with Crippen LogP contribution in [-0.4, -0.2) is 40.0 Å². The van der Waals surface area contributed by atoms with Crippen molar-refractivity contribution >= 4 is 5.82 Å². The predicted molar refractivity (Wildman–Crippen MR) is 68.7 cm³/mol. The number of aromatic nitrogens is 2. The lowest BCUT2D eigenvalue weighted by Gasteiger charge is -2.14. The van der Waals surface area contributed by atoms with Crippen molar-refractivity contribution in [1.29, 1.82) is 5.26 Å². The van der Waals surface area contributed by atoms with Gasteiger partial charge in [-0.1, -0.05) is 6.57 Å². The molecule has 0 bridgehead atoms. The van der Waals surface area contributed by atoms with Crippen LogP contribution in [0.25, 0.3) is 4.85 Å². The summed E-state index contributed by atoms with van der Waals surface area (Å²) >= 11 is 0. The van der Waals surface area contributed by atoms with Gasteiger partial charge in [0.1, 0.15) is 6.07 Å². The fourth-order valence-corrected chi connectivity index (χ4v) is 1.45. The Labute approximate surface area is 119 Å². The third-order valence-electron chi connectivity index (χ3n) is 2.51. The van der Waals surface area contributed by atoms with Gasteiger partial charge in [-0.2, -0.15) is 18.4 Å². The van der Waals surface area contributed by atoms with E-state index in [2.05, 4.69) is 46.0 Å². The first-order valence-electron chi connectivity index (χ1n) is 5.89. The number of nitrogens with one attached hydrogen (secondary N) is 1. The molecule has 1 N–H and O–H groups in total. The van der Waals surface area contributed by atoms with E-state index in [1.54, 1.807) is 4.98 Å². The van der Waals surface area contributed by atoms with Crippen LogP contribution in [0.2, 0.25) is 0 Å². The van der Waals surface area contributed by atoms with E-state index in [4.69, 9.17) is 11.8 Å². The molecule has 1 aliphatic rings. The molecule has 1 aliphatic heterocycles. The first kappa shape index (κ1) is 16.4. The molecule has 21 heavy (non-hydrogen) atoms. The van der Waals surface area contributed by atoms with Crippen molar-refractivity contribution in [3.63, 3.8) is 0 Å². The number of imidazole rings is 1. The standard InChI is InChI=1S/C6HF3N4.C6H12N2/c1-11-4-3(2-10)12-5(13-4)6(7,8)9;1-3-8-5-4-7(2)6-8/h(H,12,13);4-5H,3,6H2,1-2H3. The van der Waals surface area contributed by atoms with E-state index in [0.717, 1.165) is 13.2 Å². The summed E-state index contributed by atoms with van der Waals surface area (Å²) < 4.78 is 35.8. The fourth-order valence-electron chi connectivity index (χ4n) is 1.45. The highest BCUT2D eigenvalue weighted by Crippen LogP contribution is 2.29. The van der Waals surface area contributed by atoms with Gasteiger partial charge in [-0.15, -0.1) is 0 Å². The van der Waals surface area contributed by atoms with Crippen LogP contribution in [0.1, 0.15) is 18.4 Å². The number of halogens is 3. The second-order valence-electron chi connectivity index (χ2n) is 4.11. The van der Waals surface area contributed by atoms with E-state index < -0.39 is 23.5 Å². The van der Waals surface area contributed by atoms with Crippen molar-refractivity contribution in [2.75, 3.05) is 20.3 Å². The van der Waals surface area contributed by atoms with Crippen LogP contribution in [0.15, 0.2) is 12.4 Å². The molecule has 2 rings (SSSR count). The molecule has 0 fully saturated rings. The van der Waals surface area contributed by atoms with Gasteiger partial charge in [-0.05, 0) is 6.92 Å². The normalized spacial score (nSPS) is 13.5. The number of alkyl halides is 3. The Bertz CT molecular complexity index is 558. The van der Waals surface area contributed by atoms with Crippen molar-refractivity contribution in [1.82, 2.24) is 19.8 Å². The third kappa shape index (κ3) is 4.42. The highest BCUT2D eigenvalue weighted by molar-refractivity contribution is 5.49. The monoisotopic (exact) mass is 298 g/mol. The maximum Gasteiger partial charge on any atom is 0.471 e. The summed E-state index contributed by atoms with van der Waals surface area (Å²) in [4.78, 5) is 11.7. The molecule has 0 aliphatic carbocycles. The Hall–Kier alpha value is -2.68. The summed E-state index contributed by atoms with van der Waals surface area (Å²) in [5.41, 5.74) is -0.540. The van der Waals surface area contributed by atoms with Crippen molar-refractivity contribution < 1.29 is 13.2 Å². The summed E-state index contributed by atoms with van der Waals surface area (Å²) in [5, 5.41) is 8.29. The third-order valence-corrected chi connectivity index (χ3v) is 2.51. The van der Waals surface area contributed by atoms with Crippen molar-refractivity contribution in [3.8, 4) is 6.07 Å². The first-order chi connectivity index (χ1) is 9.81. The second-order valence-corrected chi connectivity index (χ2v) is 4.11. The first-order valence-corrected chi connectivity index (χ1v) is 5.89. The van der Waals surface area contributed by atoms with Gasteiger partial charge in [-0.25, -0.2) is 4.98 Å². The zero-order valence-electron chi connectivity index (χ0n) is 11.4. The average Bonchev–Trinajstić information content (AvgIpc) is 3.04. The summed E-state index contributed by atoms with van der Waals surface area (Å²) in [5.74, 6) is -1.81. The van der Waals surface area contributed by atoms with E-state index in [1.165, 1.54) is 6.07 Å². The average molecular weight is 298 g/mol. The van der Waals surface area contributed by atoms with Crippen LogP contribution in [-0.2, 0) is 6.18 Å². The van der Waals surface area contributed by atoms with Gasteiger partial charge in [0.05, 0.1) is 6.67 Å². The van der Waals surface area contributed by atoms with Crippen LogP contribution in [0.5, 0.6) is 0 Å². The van der Waals surface area contributed by atoms with E-state index in [0.29, 0.717) is 0 Å². The van der Waals surface area contributed by atoms with E-state index in [1.807, 2.05) is 0 Å². The van der Waals surface area contributed by atoms with Gasteiger partial charge in [-0.3, -0.25) is 4.98 Å². The predicted octanol–water partition coefficient (Wildman–Crippen LogP) is 2.53. The lowest BCUT2D eigenvalue weighted by atomic mass is 10.5. The molecule has 0 radical (unpaired) electrons. The van der Waals surface area contributed by atoms with Gasteiger partial charge in [0.2, 0.25) is 0 Å². The lowest BCUT2D eigenvalue weighted by molar-refractivity contribution is -0.144. The maximum atomic E-state index is 11.9. The minimum atomic E-state index is -4.66. The quantitative estimate of drug-likeness (QED) is 0.809. The van der Waals surface area contributed by atoms with Crippen LogP contribution < -0.4 is 0 Å². The van der Waals surface area contributed by atoms with Crippen molar-refractivity contribution in [2.24, 2.45) is 0 Å². The molecule has 0 saturated heterocycles. The van der Waals surface area contributed by atoms with Gasteiger partial charge in [0, 0.05) is 26.0 Å². The smallest absolute Gasteiger partial charge is 0.362 e. The second kappa shape index (κ2) is 6.66. The Morgan fingerprint density at radius 2 is 2.19 bits per heavy atom. The summed E-state index contributed by atoms with van der Waals surface area (Å²) in [6, 6.07) is 1.38. The van der Waals surface area contributed by atoms with E-state index in [9.17, 15) is 13.2 Å². The minimum Gasteiger partial charge on any atom is -0.362 e. The van der Waals surface area contributed by atoms with Crippen LogP contribution in [0.4, 0.5) is 19.0 Å². The highest BCUT2D eigenvalue weighted by atomic mass is 19.4. The largest absolute Gasteiger partial charge is 0.471 e. The Kier molecular flexibility index (Phi) is 5.19. The van der Waals surface area contributed by atoms with Crippen LogP contribution in [0.3, 0.4) is 0 Å². The van der Waals surface area contributed by atoms with Crippen LogP contribution in [0, 0.1) is 17.9 Å². The maximum absolute atomic E-state index is 11.9. The molecule has 0 amide bonds. The summed E-state index contributed by atoms with van der Waals surface area (Å²) in [6.07, 6.45) is -0.460. The molecular formula is C12H13F3N6. The molecule has 0 atom stereocenters. The number of nitrogens with zero attached hydrogens (tertiary/aromatic N) is 5. The molecule has 0 unspecified atom stereocenters. The topological polar surface area (TPSA) is 63.3 Å². The molecule has 1 aromatic rings. The minimum absolute atomic E-state index is 0.491. The van der Waals surface area contributed by atoms with Gasteiger partial charge in [0.25, 0.3) is 11.6 Å². The van der Waals surface area contributed by atoms with Gasteiger partial charge >= 0.3 is 6.18 Å². The molecule has 2 heterocycles. The van der Waals surface area contributed by atoms with Crippen molar-refractivity contribution in [3.05, 3.63) is 35.3 Å². The lowest BCUT2D eigenvalue weighted by Crippen LogP contribution is -2.21.